The molecule has 0 bridgehead atoms. The molecule has 0 N–H and O–H groups in total. The van der Waals surface area contributed by atoms with E-state index in [1.54, 1.807) is 0 Å². The standard InChI is InChI=1S/C20H36N2O6.2ClH/c1-17(15-21-7-11-25-12-8-21)27-19(23)5-3-4-6-20(24)28-18(2)16-22-9-13-26-14-10-22;;/h17-18H,3-16H2,1-2H3;2*1H. The Labute approximate surface area is 192 Å². The first kappa shape index (κ1) is 29.4. The predicted molar refractivity (Wildman–Crippen MR) is 119 cm³/mol. The van der Waals surface area contributed by atoms with Crippen LogP contribution in [0.3, 0.4) is 0 Å². The smallest absolute Gasteiger partial charge is 0.306 e. The van der Waals surface area contributed by atoms with Crippen LogP contribution in [0.25, 0.3) is 0 Å². The van der Waals surface area contributed by atoms with Gasteiger partial charge in [0.25, 0.3) is 0 Å². The molecule has 2 heterocycles. The number of hydrogen-bond donors (Lipinski definition) is 0. The molecule has 0 aromatic heterocycles. The van der Waals surface area contributed by atoms with Gasteiger partial charge in [-0.15, -0.1) is 24.8 Å². The number of morpholine rings is 2. The van der Waals surface area contributed by atoms with Crippen LogP contribution in [0.5, 0.6) is 0 Å². The Balaban J connectivity index is 0.00000420. The highest BCUT2D eigenvalue weighted by molar-refractivity contribution is 5.85. The summed E-state index contributed by atoms with van der Waals surface area (Å²) in [6.45, 7) is 11.8. The van der Waals surface area contributed by atoms with Gasteiger partial charge in [-0.1, -0.05) is 0 Å². The number of unbranched alkanes of at least 4 members (excludes halogenated alkanes) is 1. The first-order chi connectivity index (χ1) is 13.5. The third kappa shape index (κ3) is 12.9. The summed E-state index contributed by atoms with van der Waals surface area (Å²) in [5, 5.41) is 0. The first-order valence-electron chi connectivity index (χ1n) is 10.5. The Hall–Kier alpha value is -0.640. The van der Waals surface area contributed by atoms with Crippen molar-refractivity contribution in [3.05, 3.63) is 0 Å². The maximum absolute atomic E-state index is 11.9. The molecule has 0 aliphatic carbocycles. The van der Waals surface area contributed by atoms with Crippen LogP contribution >= 0.6 is 24.8 Å². The van der Waals surface area contributed by atoms with Gasteiger partial charge in [0, 0.05) is 52.1 Å². The van der Waals surface area contributed by atoms with E-state index in [0.29, 0.717) is 25.7 Å². The maximum atomic E-state index is 11.9. The zero-order valence-electron chi connectivity index (χ0n) is 18.2. The molecule has 2 rings (SSSR count). The van der Waals surface area contributed by atoms with Gasteiger partial charge in [-0.25, -0.2) is 0 Å². The van der Waals surface area contributed by atoms with Gasteiger partial charge in [0.05, 0.1) is 26.4 Å². The lowest BCUT2D eigenvalue weighted by Gasteiger charge is -2.29. The minimum Gasteiger partial charge on any atom is -0.461 e. The molecule has 2 aliphatic rings. The van der Waals surface area contributed by atoms with Gasteiger partial charge >= 0.3 is 11.9 Å². The van der Waals surface area contributed by atoms with Crippen molar-refractivity contribution in [1.29, 1.82) is 0 Å². The average molecular weight is 473 g/mol. The molecule has 2 aliphatic heterocycles. The summed E-state index contributed by atoms with van der Waals surface area (Å²) in [5.41, 5.74) is 0. The van der Waals surface area contributed by atoms with Gasteiger partial charge in [0.1, 0.15) is 12.2 Å². The van der Waals surface area contributed by atoms with E-state index >= 15 is 0 Å². The van der Waals surface area contributed by atoms with Gasteiger partial charge in [0.15, 0.2) is 0 Å². The fourth-order valence-electron chi connectivity index (χ4n) is 3.47. The van der Waals surface area contributed by atoms with Crippen molar-refractivity contribution in [2.45, 2.75) is 51.7 Å². The van der Waals surface area contributed by atoms with Crippen molar-refractivity contribution in [3.63, 3.8) is 0 Å². The highest BCUT2D eigenvalue weighted by Crippen LogP contribution is 2.08. The van der Waals surface area contributed by atoms with E-state index in [1.165, 1.54) is 0 Å². The van der Waals surface area contributed by atoms with Gasteiger partial charge in [-0.3, -0.25) is 19.4 Å². The zero-order chi connectivity index (χ0) is 20.2. The summed E-state index contributed by atoms with van der Waals surface area (Å²) >= 11 is 0. The number of rotatable bonds is 11. The Morgan fingerprint density at radius 2 is 1.07 bits per heavy atom. The second-order valence-corrected chi connectivity index (χ2v) is 7.63. The molecule has 0 spiro atoms. The lowest BCUT2D eigenvalue weighted by atomic mass is 10.2. The van der Waals surface area contributed by atoms with Crippen LogP contribution in [0.15, 0.2) is 0 Å². The number of ether oxygens (including phenoxy) is 4. The van der Waals surface area contributed by atoms with Crippen LogP contribution in [0, 0.1) is 0 Å². The molecular formula is C20H38Cl2N2O6. The molecule has 0 aromatic rings. The van der Waals surface area contributed by atoms with E-state index < -0.39 is 0 Å². The molecule has 0 saturated carbocycles. The van der Waals surface area contributed by atoms with Gasteiger partial charge in [0.2, 0.25) is 0 Å². The summed E-state index contributed by atoms with van der Waals surface area (Å²) in [5.74, 6) is -0.398. The monoisotopic (exact) mass is 472 g/mol. The Morgan fingerprint density at radius 3 is 1.40 bits per heavy atom. The molecule has 0 amide bonds. The number of halogens is 2. The fourth-order valence-corrected chi connectivity index (χ4v) is 3.47. The molecule has 0 radical (unpaired) electrons. The van der Waals surface area contributed by atoms with E-state index in [-0.39, 0.29) is 49.0 Å². The van der Waals surface area contributed by atoms with Crippen LogP contribution in [0.4, 0.5) is 0 Å². The van der Waals surface area contributed by atoms with Gasteiger partial charge < -0.3 is 18.9 Å². The minimum atomic E-state index is -0.199. The van der Waals surface area contributed by atoms with Crippen LogP contribution in [0.1, 0.15) is 39.5 Å². The van der Waals surface area contributed by atoms with Crippen LogP contribution in [-0.2, 0) is 28.5 Å². The van der Waals surface area contributed by atoms with Crippen molar-refractivity contribution >= 4 is 36.8 Å². The van der Waals surface area contributed by atoms with Crippen molar-refractivity contribution in [2.24, 2.45) is 0 Å². The van der Waals surface area contributed by atoms with Gasteiger partial charge in [-0.2, -0.15) is 0 Å². The highest BCUT2D eigenvalue weighted by Gasteiger charge is 2.18. The Kier molecular flexibility index (Phi) is 16.6. The van der Waals surface area contributed by atoms with E-state index in [2.05, 4.69) is 9.80 Å². The predicted octanol–water partition coefficient (Wildman–Crippen LogP) is 1.92. The average Bonchev–Trinajstić information content (AvgIpc) is 2.66. The Morgan fingerprint density at radius 1 is 0.733 bits per heavy atom. The molecule has 2 fully saturated rings. The number of nitrogens with zero attached hydrogens (tertiary/aromatic N) is 2. The fraction of sp³-hybridized carbons (Fsp3) is 0.900. The number of carbonyl (C=O) groups is 2. The lowest BCUT2D eigenvalue weighted by molar-refractivity contribution is -0.151. The topological polar surface area (TPSA) is 77.5 Å². The third-order valence-corrected chi connectivity index (χ3v) is 4.92. The lowest BCUT2D eigenvalue weighted by Crippen LogP contribution is -2.41. The SMILES string of the molecule is CC(CN1CCOCC1)OC(=O)CCCCC(=O)OC(C)CN1CCOCC1.Cl.Cl. The second kappa shape index (κ2) is 17.0. The number of esters is 2. The summed E-state index contributed by atoms with van der Waals surface area (Å²) in [7, 11) is 0. The quantitative estimate of drug-likeness (QED) is 0.333. The van der Waals surface area contributed by atoms with Crippen molar-refractivity contribution in [2.75, 3.05) is 65.7 Å². The van der Waals surface area contributed by atoms with Crippen LogP contribution < -0.4 is 0 Å². The van der Waals surface area contributed by atoms with Crippen LogP contribution in [0.2, 0.25) is 0 Å². The molecule has 2 saturated heterocycles. The van der Waals surface area contributed by atoms with E-state index in [1.807, 2.05) is 13.8 Å². The Bertz CT molecular complexity index is 432. The largest absolute Gasteiger partial charge is 0.461 e. The van der Waals surface area contributed by atoms with E-state index in [0.717, 1.165) is 65.7 Å². The normalized spacial score (nSPS) is 19.7. The molecule has 10 heteroatoms. The number of hydrogen-bond acceptors (Lipinski definition) is 8. The molecule has 2 atom stereocenters. The third-order valence-electron chi connectivity index (χ3n) is 4.92. The van der Waals surface area contributed by atoms with Gasteiger partial charge in [-0.05, 0) is 26.7 Å². The molecule has 178 valence electrons. The minimum absolute atomic E-state index is 0. The molecule has 30 heavy (non-hydrogen) atoms. The highest BCUT2D eigenvalue weighted by atomic mass is 35.5. The van der Waals surface area contributed by atoms with E-state index in [9.17, 15) is 9.59 Å². The summed E-state index contributed by atoms with van der Waals surface area (Å²) in [4.78, 5) is 28.4. The summed E-state index contributed by atoms with van der Waals surface area (Å²) in [6, 6.07) is 0. The van der Waals surface area contributed by atoms with Crippen molar-refractivity contribution in [1.82, 2.24) is 9.80 Å². The summed E-state index contributed by atoms with van der Waals surface area (Å²) < 4.78 is 21.5. The molecule has 8 nitrogen and oxygen atoms in total. The molecule has 2 unspecified atom stereocenters. The van der Waals surface area contributed by atoms with Crippen molar-refractivity contribution < 1.29 is 28.5 Å². The zero-order valence-corrected chi connectivity index (χ0v) is 19.8. The maximum Gasteiger partial charge on any atom is 0.306 e. The molecular weight excluding hydrogens is 435 g/mol. The molecule has 0 aromatic carbocycles. The van der Waals surface area contributed by atoms with Crippen LogP contribution in [-0.4, -0.2) is 99.6 Å². The first-order valence-corrected chi connectivity index (χ1v) is 10.5. The second-order valence-electron chi connectivity index (χ2n) is 7.63. The summed E-state index contributed by atoms with van der Waals surface area (Å²) in [6.07, 6.45) is 1.69. The van der Waals surface area contributed by atoms with Crippen molar-refractivity contribution in [3.8, 4) is 0 Å². The number of carbonyl (C=O) groups excluding carboxylic acids is 2. The van der Waals surface area contributed by atoms with E-state index in [4.69, 9.17) is 18.9 Å².